The summed E-state index contributed by atoms with van der Waals surface area (Å²) in [7, 11) is 2.08. The fraction of sp³-hybridized carbons (Fsp3) is 0.636. The lowest BCUT2D eigenvalue weighted by Crippen LogP contribution is -2.61. The summed E-state index contributed by atoms with van der Waals surface area (Å²) in [6, 6.07) is 3.27. The number of ether oxygens (including phenoxy) is 2. The van der Waals surface area contributed by atoms with Gasteiger partial charge in [-0.2, -0.15) is 20.8 Å². The van der Waals surface area contributed by atoms with Gasteiger partial charge in [0.15, 0.2) is 0 Å². The molecule has 1 heterocycles. The second-order valence-corrected chi connectivity index (χ2v) is 4.43. The van der Waals surface area contributed by atoms with E-state index < -0.39 is 28.4 Å². The van der Waals surface area contributed by atoms with Crippen molar-refractivity contribution >= 4 is 11.9 Å². The Morgan fingerprint density at radius 2 is 1.53 bits per heavy atom. The first-order valence-electron chi connectivity index (χ1n) is 5.23. The lowest BCUT2D eigenvalue weighted by molar-refractivity contribution is -0.162. The zero-order valence-electron chi connectivity index (χ0n) is 10.9. The lowest BCUT2D eigenvalue weighted by atomic mass is 9.62. The standard InChI is InChI=1S/C11H12N4O4/c1-9(2)10(5-12,7(16)18-3)11(6-13,15-14-9)8(17)19-4/h1-4H3/t10-,11+/m0/s1. The number of azo groups is 1. The molecule has 1 aliphatic heterocycles. The zero-order valence-corrected chi connectivity index (χ0v) is 10.9. The van der Waals surface area contributed by atoms with Gasteiger partial charge in [0.2, 0.25) is 5.41 Å². The fourth-order valence-corrected chi connectivity index (χ4v) is 2.10. The minimum absolute atomic E-state index is 1.03. The van der Waals surface area contributed by atoms with Gasteiger partial charge in [-0.1, -0.05) is 0 Å². The molecule has 1 aliphatic rings. The average molecular weight is 264 g/mol. The van der Waals surface area contributed by atoms with Crippen LogP contribution in [-0.4, -0.2) is 37.2 Å². The first-order chi connectivity index (χ1) is 8.79. The van der Waals surface area contributed by atoms with Crippen LogP contribution in [0.1, 0.15) is 13.8 Å². The molecule has 0 aromatic heterocycles. The molecule has 19 heavy (non-hydrogen) atoms. The van der Waals surface area contributed by atoms with Gasteiger partial charge < -0.3 is 9.47 Å². The van der Waals surface area contributed by atoms with Crippen LogP contribution in [0, 0.1) is 28.1 Å². The van der Waals surface area contributed by atoms with E-state index in [0.717, 1.165) is 14.2 Å². The van der Waals surface area contributed by atoms with Gasteiger partial charge in [-0.05, 0) is 13.8 Å². The molecule has 0 aliphatic carbocycles. The van der Waals surface area contributed by atoms with Crippen molar-refractivity contribution in [3.05, 3.63) is 0 Å². The topological polar surface area (TPSA) is 125 Å². The Morgan fingerprint density at radius 1 is 1.00 bits per heavy atom. The largest absolute Gasteiger partial charge is 0.468 e. The highest BCUT2D eigenvalue weighted by atomic mass is 16.5. The molecular weight excluding hydrogens is 252 g/mol. The summed E-state index contributed by atoms with van der Waals surface area (Å²) < 4.78 is 9.07. The molecule has 0 N–H and O–H groups in total. The average Bonchev–Trinajstić information content (AvgIpc) is 2.65. The zero-order chi connectivity index (χ0) is 14.9. The Balaban J connectivity index is 3.71. The number of hydrogen-bond donors (Lipinski definition) is 0. The Bertz CT molecular complexity index is 542. The van der Waals surface area contributed by atoms with Gasteiger partial charge in [-0.15, -0.1) is 0 Å². The molecule has 0 amide bonds. The monoisotopic (exact) mass is 264 g/mol. The number of hydrogen-bond acceptors (Lipinski definition) is 8. The maximum absolute atomic E-state index is 12.1. The smallest absolute Gasteiger partial charge is 0.353 e. The molecule has 8 heteroatoms. The first kappa shape index (κ1) is 14.6. The Morgan fingerprint density at radius 3 is 1.89 bits per heavy atom. The predicted octanol–water partition coefficient (Wildman–Crippen LogP) is 0.349. The molecule has 1 rings (SSSR count). The van der Waals surface area contributed by atoms with Crippen LogP contribution in [0.4, 0.5) is 0 Å². The highest BCUT2D eigenvalue weighted by Gasteiger charge is 2.76. The van der Waals surface area contributed by atoms with Gasteiger partial charge in [-0.25, -0.2) is 4.79 Å². The third-order valence-corrected chi connectivity index (χ3v) is 3.21. The molecule has 0 saturated heterocycles. The summed E-state index contributed by atoms with van der Waals surface area (Å²) in [5.41, 5.74) is -5.97. The molecule has 0 aromatic carbocycles. The lowest BCUT2D eigenvalue weighted by Gasteiger charge is -2.35. The van der Waals surface area contributed by atoms with Crippen molar-refractivity contribution in [2.24, 2.45) is 15.6 Å². The van der Waals surface area contributed by atoms with E-state index in [9.17, 15) is 20.1 Å². The van der Waals surface area contributed by atoms with Crippen LogP contribution in [0.5, 0.6) is 0 Å². The molecule has 100 valence electrons. The van der Waals surface area contributed by atoms with E-state index in [0.29, 0.717) is 0 Å². The van der Waals surface area contributed by atoms with E-state index >= 15 is 0 Å². The van der Waals surface area contributed by atoms with Crippen molar-refractivity contribution in [1.29, 1.82) is 10.5 Å². The van der Waals surface area contributed by atoms with E-state index in [4.69, 9.17) is 0 Å². The molecule has 0 radical (unpaired) electrons. The van der Waals surface area contributed by atoms with Gasteiger partial charge in [0, 0.05) is 0 Å². The fourth-order valence-electron chi connectivity index (χ4n) is 2.10. The molecular formula is C11H12N4O4. The summed E-state index contributed by atoms with van der Waals surface area (Å²) in [5, 5.41) is 26.0. The number of carbonyl (C=O) groups is 2. The van der Waals surface area contributed by atoms with Crippen molar-refractivity contribution in [2.45, 2.75) is 24.9 Å². The number of carbonyl (C=O) groups excluding carboxylic acids is 2. The molecule has 0 spiro atoms. The minimum atomic E-state index is -2.37. The van der Waals surface area contributed by atoms with Crippen molar-refractivity contribution < 1.29 is 19.1 Å². The number of nitrogens with zero attached hydrogens (tertiary/aromatic N) is 4. The van der Waals surface area contributed by atoms with Crippen LogP contribution < -0.4 is 0 Å². The summed E-state index contributed by atoms with van der Waals surface area (Å²) in [4.78, 5) is 23.9. The van der Waals surface area contributed by atoms with Crippen molar-refractivity contribution in [3.63, 3.8) is 0 Å². The Labute approximate surface area is 109 Å². The van der Waals surface area contributed by atoms with Gasteiger partial charge >= 0.3 is 11.9 Å². The molecule has 0 bridgehead atoms. The maximum atomic E-state index is 12.1. The summed E-state index contributed by atoms with van der Waals surface area (Å²) in [6.45, 7) is 2.83. The minimum Gasteiger partial charge on any atom is -0.468 e. The van der Waals surface area contributed by atoms with Crippen LogP contribution in [0.15, 0.2) is 10.2 Å². The van der Waals surface area contributed by atoms with Crippen molar-refractivity contribution in [3.8, 4) is 12.1 Å². The maximum Gasteiger partial charge on any atom is 0.353 e. The van der Waals surface area contributed by atoms with Gasteiger partial charge in [-0.3, -0.25) is 4.79 Å². The Hall–Kier alpha value is -2.48. The molecule has 0 fully saturated rings. The SMILES string of the molecule is COC(=O)[C@@]1(C#N)C(C)(C)N=N[C@]1(C#N)C(=O)OC. The van der Waals surface area contributed by atoms with Gasteiger partial charge in [0.05, 0.1) is 20.3 Å². The van der Waals surface area contributed by atoms with Gasteiger partial charge in [0.1, 0.15) is 11.6 Å². The van der Waals surface area contributed by atoms with Crippen LogP contribution in [0.2, 0.25) is 0 Å². The van der Waals surface area contributed by atoms with Gasteiger partial charge in [0.25, 0.3) is 5.54 Å². The van der Waals surface area contributed by atoms with E-state index in [1.165, 1.54) is 13.8 Å². The van der Waals surface area contributed by atoms with Crippen molar-refractivity contribution in [2.75, 3.05) is 14.2 Å². The summed E-state index contributed by atoms with van der Waals surface area (Å²) in [5.74, 6) is -2.19. The third-order valence-electron chi connectivity index (χ3n) is 3.21. The number of nitriles is 2. The summed E-state index contributed by atoms with van der Waals surface area (Å²) >= 11 is 0. The third kappa shape index (κ3) is 1.43. The van der Waals surface area contributed by atoms with E-state index in [1.807, 2.05) is 0 Å². The second kappa shape index (κ2) is 4.32. The molecule has 0 unspecified atom stereocenters. The van der Waals surface area contributed by atoms with Crippen LogP contribution in [0.25, 0.3) is 0 Å². The van der Waals surface area contributed by atoms with Crippen LogP contribution >= 0.6 is 0 Å². The normalized spacial score (nSPS) is 31.1. The summed E-state index contributed by atoms with van der Waals surface area (Å²) in [6.07, 6.45) is 0. The molecule has 0 saturated carbocycles. The van der Waals surface area contributed by atoms with E-state index in [-0.39, 0.29) is 0 Å². The second-order valence-electron chi connectivity index (χ2n) is 4.43. The molecule has 0 aromatic rings. The van der Waals surface area contributed by atoms with Crippen molar-refractivity contribution in [1.82, 2.24) is 0 Å². The molecule has 8 nitrogen and oxygen atoms in total. The number of rotatable bonds is 2. The quantitative estimate of drug-likeness (QED) is 0.662. The highest BCUT2D eigenvalue weighted by molar-refractivity contribution is 5.98. The number of esters is 2. The predicted molar refractivity (Wildman–Crippen MR) is 59.4 cm³/mol. The van der Waals surface area contributed by atoms with Crippen LogP contribution in [-0.2, 0) is 19.1 Å². The van der Waals surface area contributed by atoms with E-state index in [1.54, 1.807) is 12.1 Å². The van der Waals surface area contributed by atoms with Crippen LogP contribution in [0.3, 0.4) is 0 Å². The Kier molecular flexibility index (Phi) is 3.32. The highest BCUT2D eigenvalue weighted by Crippen LogP contribution is 2.52. The molecule has 2 atom stereocenters. The van der Waals surface area contributed by atoms with E-state index in [2.05, 4.69) is 19.7 Å². The number of methoxy groups -OCH3 is 2. The first-order valence-corrected chi connectivity index (χ1v) is 5.23.